The van der Waals surface area contributed by atoms with E-state index in [2.05, 4.69) is 78.9 Å². The summed E-state index contributed by atoms with van der Waals surface area (Å²) >= 11 is 0. The maximum Gasteiger partial charge on any atom is 0.335 e. The largest absolute Gasteiger partial charge is 0.478 e. The van der Waals surface area contributed by atoms with Crippen LogP contribution in [-0.2, 0) is 4.79 Å². The molecule has 0 fully saturated rings. The highest BCUT2D eigenvalue weighted by Gasteiger charge is 2.49. The number of rotatable bonds is 1. The van der Waals surface area contributed by atoms with Gasteiger partial charge in [-0.15, -0.1) is 0 Å². The number of aliphatic carboxylic acids is 1. The molecule has 10 rings (SSSR count). The van der Waals surface area contributed by atoms with Gasteiger partial charge in [0.1, 0.15) is 0 Å². The molecule has 0 saturated heterocycles. The van der Waals surface area contributed by atoms with Crippen LogP contribution in [0.2, 0.25) is 0 Å². The Morgan fingerprint density at radius 1 is 0.710 bits per heavy atom. The van der Waals surface area contributed by atoms with E-state index in [0.29, 0.717) is 5.57 Å². The summed E-state index contributed by atoms with van der Waals surface area (Å²) in [6, 6.07) is 26.5. The number of carbonyl (C=O) groups is 1. The van der Waals surface area contributed by atoms with Crippen LogP contribution in [-0.4, -0.2) is 11.1 Å². The summed E-state index contributed by atoms with van der Waals surface area (Å²) < 4.78 is 0. The lowest BCUT2D eigenvalue weighted by molar-refractivity contribution is -0.132. The van der Waals surface area contributed by atoms with Crippen molar-refractivity contribution in [3.8, 4) is 0 Å². The fraction of sp³-hybridized carbons (Fsp3) is 0.138. The van der Waals surface area contributed by atoms with Gasteiger partial charge in [0.2, 0.25) is 0 Å². The molecule has 3 aromatic carbocycles. The number of hydrogen-bond donors (Lipinski definition) is 1. The van der Waals surface area contributed by atoms with E-state index >= 15 is 0 Å². The molecular formula is C29H20O2. The van der Waals surface area contributed by atoms with Gasteiger partial charge < -0.3 is 5.11 Å². The van der Waals surface area contributed by atoms with Gasteiger partial charge in [0.05, 0.1) is 5.57 Å². The Labute approximate surface area is 180 Å². The van der Waals surface area contributed by atoms with Gasteiger partial charge in [0.15, 0.2) is 0 Å². The molecular weight excluding hydrogens is 380 g/mol. The van der Waals surface area contributed by atoms with Crippen molar-refractivity contribution in [3.05, 3.63) is 136 Å². The summed E-state index contributed by atoms with van der Waals surface area (Å²) in [5.41, 5.74) is 11.3. The molecule has 0 heterocycles. The molecule has 1 N–H and O–H groups in total. The Hall–Kier alpha value is -3.65. The summed E-state index contributed by atoms with van der Waals surface area (Å²) in [6.07, 6.45) is 5.87. The maximum atomic E-state index is 11.9. The van der Waals surface area contributed by atoms with Crippen LogP contribution < -0.4 is 0 Å². The molecule has 0 aliphatic heterocycles. The molecule has 2 unspecified atom stereocenters. The summed E-state index contributed by atoms with van der Waals surface area (Å²) in [5.74, 6) is -0.261. The minimum absolute atomic E-state index is 0.0650. The smallest absolute Gasteiger partial charge is 0.335 e. The highest BCUT2D eigenvalue weighted by atomic mass is 16.4. The van der Waals surface area contributed by atoms with Crippen LogP contribution in [0.1, 0.15) is 51.1 Å². The van der Waals surface area contributed by atoms with E-state index in [4.69, 9.17) is 0 Å². The first kappa shape index (κ1) is 17.1. The fourth-order valence-corrected chi connectivity index (χ4v) is 6.58. The van der Waals surface area contributed by atoms with E-state index in [1.54, 1.807) is 6.08 Å². The van der Waals surface area contributed by atoms with E-state index in [9.17, 15) is 9.90 Å². The molecule has 4 bridgehead atoms. The average molecular weight is 400 g/mol. The van der Waals surface area contributed by atoms with Gasteiger partial charge in [-0.1, -0.05) is 84.9 Å². The van der Waals surface area contributed by atoms with Crippen molar-refractivity contribution in [1.29, 1.82) is 0 Å². The molecule has 31 heavy (non-hydrogen) atoms. The summed E-state index contributed by atoms with van der Waals surface area (Å²) in [4.78, 5) is 11.9. The molecule has 2 heteroatoms. The third-order valence-electron chi connectivity index (χ3n) is 7.65. The van der Waals surface area contributed by atoms with Gasteiger partial charge in [-0.25, -0.2) is 4.79 Å². The van der Waals surface area contributed by atoms with E-state index in [1.807, 2.05) is 6.08 Å². The highest BCUT2D eigenvalue weighted by Crippen LogP contribution is 2.64. The number of hydrogen-bond acceptors (Lipinski definition) is 1. The minimum atomic E-state index is -0.850. The second kappa shape index (κ2) is 5.95. The monoisotopic (exact) mass is 400 g/mol. The molecule has 148 valence electrons. The summed E-state index contributed by atoms with van der Waals surface area (Å²) in [5, 5.41) is 9.73. The van der Waals surface area contributed by atoms with E-state index < -0.39 is 5.97 Å². The topological polar surface area (TPSA) is 37.3 Å². The Morgan fingerprint density at radius 3 is 1.94 bits per heavy atom. The van der Waals surface area contributed by atoms with Gasteiger partial charge in [-0.2, -0.15) is 0 Å². The second-order valence-corrected chi connectivity index (χ2v) is 8.94. The zero-order valence-corrected chi connectivity index (χ0v) is 16.8. The molecule has 2 nitrogen and oxygen atoms in total. The number of carboxylic acid groups (broad SMARTS) is 1. The van der Waals surface area contributed by atoms with Crippen LogP contribution in [0.5, 0.6) is 0 Å². The first-order valence-electron chi connectivity index (χ1n) is 10.9. The third-order valence-corrected chi connectivity index (χ3v) is 7.65. The number of allylic oxidation sites excluding steroid dienone is 4. The predicted molar refractivity (Wildman–Crippen MR) is 121 cm³/mol. The number of carboxylic acids is 1. The molecule has 0 aromatic heterocycles. The zero-order valence-electron chi connectivity index (χ0n) is 16.8. The summed E-state index contributed by atoms with van der Waals surface area (Å²) in [7, 11) is 0. The zero-order chi connectivity index (χ0) is 20.7. The van der Waals surface area contributed by atoms with Crippen LogP contribution >= 0.6 is 0 Å². The van der Waals surface area contributed by atoms with Crippen molar-refractivity contribution in [2.45, 2.75) is 17.8 Å². The van der Waals surface area contributed by atoms with Crippen molar-refractivity contribution < 1.29 is 9.90 Å². The SMILES string of the molecule is O=C(O)C1=CC2C(=C3c4ccccc4C2C2c4ccccc4C3c3ccccc32)C=C1. The summed E-state index contributed by atoms with van der Waals surface area (Å²) in [6.45, 7) is 0. The van der Waals surface area contributed by atoms with Gasteiger partial charge in [0.25, 0.3) is 0 Å². The van der Waals surface area contributed by atoms with Crippen LogP contribution in [0.3, 0.4) is 0 Å². The van der Waals surface area contributed by atoms with Crippen molar-refractivity contribution >= 4 is 11.5 Å². The Balaban J connectivity index is 1.66. The van der Waals surface area contributed by atoms with Gasteiger partial charge in [0, 0.05) is 23.7 Å². The van der Waals surface area contributed by atoms with Crippen molar-refractivity contribution in [2.75, 3.05) is 0 Å². The molecule has 7 aliphatic carbocycles. The molecule has 0 spiro atoms. The first-order chi connectivity index (χ1) is 15.2. The Kier molecular flexibility index (Phi) is 3.28. The fourth-order valence-electron chi connectivity index (χ4n) is 6.58. The van der Waals surface area contributed by atoms with Crippen LogP contribution in [0.25, 0.3) is 5.57 Å². The van der Waals surface area contributed by atoms with Crippen LogP contribution in [0.15, 0.2) is 102 Å². The lowest BCUT2D eigenvalue weighted by atomic mass is 9.53. The van der Waals surface area contributed by atoms with Crippen LogP contribution in [0, 0.1) is 5.92 Å². The van der Waals surface area contributed by atoms with E-state index in [-0.39, 0.29) is 23.7 Å². The Morgan fingerprint density at radius 2 is 1.29 bits per heavy atom. The lowest BCUT2D eigenvalue weighted by Crippen LogP contribution is -2.36. The normalized spacial score (nSPS) is 26.3. The van der Waals surface area contributed by atoms with Crippen LogP contribution in [0.4, 0.5) is 0 Å². The first-order valence-corrected chi connectivity index (χ1v) is 10.9. The van der Waals surface area contributed by atoms with Crippen molar-refractivity contribution in [1.82, 2.24) is 0 Å². The Bertz CT molecular complexity index is 1340. The molecule has 7 aliphatic rings. The molecule has 0 amide bonds. The van der Waals surface area contributed by atoms with Gasteiger partial charge >= 0.3 is 5.97 Å². The lowest BCUT2D eigenvalue weighted by Gasteiger charge is -2.50. The maximum absolute atomic E-state index is 11.9. The molecule has 3 aromatic rings. The van der Waals surface area contributed by atoms with Gasteiger partial charge in [-0.3, -0.25) is 0 Å². The van der Waals surface area contributed by atoms with Crippen molar-refractivity contribution in [3.63, 3.8) is 0 Å². The third kappa shape index (κ3) is 2.10. The van der Waals surface area contributed by atoms with Crippen molar-refractivity contribution in [2.24, 2.45) is 5.92 Å². The molecule has 2 atom stereocenters. The van der Waals surface area contributed by atoms with E-state index in [0.717, 1.165) is 0 Å². The standard InChI is InChI=1S/C29H20O2/c30-29(31)16-13-14-23-24(15-16)28-22-12-6-5-11-21(22)27(23)25-17-7-1-3-9-19(17)26(28)20-10-4-2-8-18(20)25/h1-15,24-26,28H,(H,30,31). The van der Waals surface area contributed by atoms with E-state index in [1.165, 1.54) is 44.5 Å². The molecule has 0 radical (unpaired) electrons. The average Bonchev–Trinajstić information content (AvgIpc) is 2.79. The van der Waals surface area contributed by atoms with Gasteiger partial charge in [-0.05, 0) is 50.6 Å². The quantitative estimate of drug-likeness (QED) is 0.542. The highest BCUT2D eigenvalue weighted by molar-refractivity contribution is 5.93. The minimum Gasteiger partial charge on any atom is -0.478 e. The predicted octanol–water partition coefficient (Wildman–Crippen LogP) is 6.03. The molecule has 0 saturated carbocycles. The second-order valence-electron chi connectivity index (χ2n) is 8.94. The number of benzene rings is 3.